The highest BCUT2D eigenvalue weighted by molar-refractivity contribution is 7.85. The summed E-state index contributed by atoms with van der Waals surface area (Å²) in [7, 11) is 0.808. The third-order valence-electron chi connectivity index (χ3n) is 3.21. The third kappa shape index (κ3) is 3.85. The summed E-state index contributed by atoms with van der Waals surface area (Å²) in [5.41, 5.74) is 6.33. The average Bonchev–Trinajstić information content (AvgIpc) is 2.18. The molecule has 0 amide bonds. The first-order valence-corrected chi connectivity index (χ1v) is 6.96. The van der Waals surface area contributed by atoms with Gasteiger partial charge in [-0.25, -0.2) is 0 Å². The Bertz CT molecular complexity index is 231. The second kappa shape index (κ2) is 5.41. The fourth-order valence-corrected chi connectivity index (χ4v) is 3.94. The summed E-state index contributed by atoms with van der Waals surface area (Å²) < 4.78 is 17.0. The molecule has 4 heteroatoms. The van der Waals surface area contributed by atoms with Gasteiger partial charge >= 0.3 is 0 Å². The van der Waals surface area contributed by atoms with Crippen molar-refractivity contribution < 1.29 is 8.95 Å². The zero-order valence-corrected chi connectivity index (χ0v) is 10.8. The molecule has 0 saturated heterocycles. The van der Waals surface area contributed by atoms with Crippen LogP contribution in [0.15, 0.2) is 0 Å². The highest BCUT2D eigenvalue weighted by atomic mass is 32.2. The maximum Gasteiger partial charge on any atom is 0.0577 e. The minimum atomic E-state index is -0.833. The summed E-state index contributed by atoms with van der Waals surface area (Å²) >= 11 is 0. The van der Waals surface area contributed by atoms with Crippen molar-refractivity contribution >= 4 is 10.8 Å². The van der Waals surface area contributed by atoms with E-state index in [0.29, 0.717) is 17.8 Å². The van der Waals surface area contributed by atoms with E-state index < -0.39 is 10.8 Å². The van der Waals surface area contributed by atoms with E-state index in [-0.39, 0.29) is 11.3 Å². The SMILES string of the molecule is COCCS(=O)C1CC(C)(C)CCC1N. The number of methoxy groups -OCH3 is 1. The lowest BCUT2D eigenvalue weighted by atomic mass is 9.75. The van der Waals surface area contributed by atoms with Gasteiger partial charge in [0.15, 0.2) is 0 Å². The molecule has 1 aliphatic rings. The Morgan fingerprint density at radius 1 is 1.53 bits per heavy atom. The molecule has 0 aromatic carbocycles. The van der Waals surface area contributed by atoms with E-state index in [2.05, 4.69) is 13.8 Å². The van der Waals surface area contributed by atoms with Crippen LogP contribution in [0.1, 0.15) is 33.1 Å². The lowest BCUT2D eigenvalue weighted by molar-refractivity contribution is 0.214. The molecule has 0 aromatic heterocycles. The number of hydrogen-bond acceptors (Lipinski definition) is 3. The van der Waals surface area contributed by atoms with Crippen molar-refractivity contribution in [1.29, 1.82) is 0 Å². The van der Waals surface area contributed by atoms with E-state index in [0.717, 1.165) is 19.3 Å². The monoisotopic (exact) mass is 233 g/mol. The van der Waals surface area contributed by atoms with Gasteiger partial charge < -0.3 is 10.5 Å². The molecule has 1 aliphatic carbocycles. The first-order chi connectivity index (χ1) is 6.96. The van der Waals surface area contributed by atoms with Gasteiger partial charge in [-0.3, -0.25) is 4.21 Å². The van der Waals surface area contributed by atoms with Gasteiger partial charge in [0.2, 0.25) is 0 Å². The summed E-state index contributed by atoms with van der Waals surface area (Å²) in [6, 6.07) is 0.107. The number of hydrogen-bond donors (Lipinski definition) is 1. The summed E-state index contributed by atoms with van der Waals surface area (Å²) in [6.45, 7) is 5.04. The normalized spacial score (nSPS) is 32.5. The maximum absolute atomic E-state index is 12.0. The second-order valence-corrected chi connectivity index (χ2v) is 6.96. The van der Waals surface area contributed by atoms with Crippen LogP contribution in [0.25, 0.3) is 0 Å². The van der Waals surface area contributed by atoms with Crippen molar-refractivity contribution in [1.82, 2.24) is 0 Å². The van der Waals surface area contributed by atoms with Crippen molar-refractivity contribution in [3.8, 4) is 0 Å². The van der Waals surface area contributed by atoms with Crippen molar-refractivity contribution in [2.24, 2.45) is 11.1 Å². The van der Waals surface area contributed by atoms with Crippen LogP contribution in [-0.4, -0.2) is 35.0 Å². The van der Waals surface area contributed by atoms with Gasteiger partial charge in [0.05, 0.1) is 11.9 Å². The van der Waals surface area contributed by atoms with E-state index in [9.17, 15) is 4.21 Å². The molecule has 15 heavy (non-hydrogen) atoms. The minimum Gasteiger partial charge on any atom is -0.384 e. The van der Waals surface area contributed by atoms with Gasteiger partial charge in [-0.1, -0.05) is 13.8 Å². The predicted molar refractivity (Wildman–Crippen MR) is 64.3 cm³/mol. The molecule has 0 spiro atoms. The first kappa shape index (κ1) is 13.1. The highest BCUT2D eigenvalue weighted by Crippen LogP contribution is 2.36. The summed E-state index contributed by atoms with van der Waals surface area (Å²) in [6.07, 6.45) is 3.12. The molecule has 1 saturated carbocycles. The topological polar surface area (TPSA) is 52.3 Å². The molecule has 0 aromatic rings. The Balaban J connectivity index is 2.54. The van der Waals surface area contributed by atoms with E-state index in [4.69, 9.17) is 10.5 Å². The molecular formula is C11H23NO2S. The largest absolute Gasteiger partial charge is 0.384 e. The molecule has 0 bridgehead atoms. The van der Waals surface area contributed by atoms with Gasteiger partial charge in [-0.2, -0.15) is 0 Å². The predicted octanol–water partition coefficient (Wildman–Crippen LogP) is 1.29. The minimum absolute atomic E-state index is 0.107. The highest BCUT2D eigenvalue weighted by Gasteiger charge is 2.35. The Morgan fingerprint density at radius 3 is 2.80 bits per heavy atom. The number of rotatable bonds is 4. The Hall–Kier alpha value is 0.0700. The van der Waals surface area contributed by atoms with Gasteiger partial charge in [-0.15, -0.1) is 0 Å². The van der Waals surface area contributed by atoms with Crippen LogP contribution < -0.4 is 5.73 Å². The van der Waals surface area contributed by atoms with Gasteiger partial charge in [0.25, 0.3) is 0 Å². The fraction of sp³-hybridized carbons (Fsp3) is 1.00. The van der Waals surface area contributed by atoms with E-state index >= 15 is 0 Å². The molecule has 0 heterocycles. The lowest BCUT2D eigenvalue weighted by Crippen LogP contribution is -2.46. The van der Waals surface area contributed by atoms with Crippen molar-refractivity contribution in [3.05, 3.63) is 0 Å². The standard InChI is InChI=1S/C11H23NO2S/c1-11(2)5-4-9(12)10(8-11)15(13)7-6-14-3/h9-10H,4-8,12H2,1-3H3. The van der Waals surface area contributed by atoms with Crippen LogP contribution in [0, 0.1) is 5.41 Å². The number of ether oxygens (including phenoxy) is 1. The van der Waals surface area contributed by atoms with E-state index in [1.54, 1.807) is 7.11 Å². The summed E-state index contributed by atoms with van der Waals surface area (Å²) in [5, 5.41) is 0.156. The average molecular weight is 233 g/mol. The molecule has 2 N–H and O–H groups in total. The van der Waals surface area contributed by atoms with Crippen LogP contribution in [0.4, 0.5) is 0 Å². The van der Waals surface area contributed by atoms with Crippen LogP contribution >= 0.6 is 0 Å². The van der Waals surface area contributed by atoms with Crippen LogP contribution in [0.2, 0.25) is 0 Å². The molecule has 0 radical (unpaired) electrons. The lowest BCUT2D eigenvalue weighted by Gasteiger charge is -2.38. The molecule has 3 unspecified atom stereocenters. The van der Waals surface area contributed by atoms with Crippen LogP contribution in [-0.2, 0) is 15.5 Å². The van der Waals surface area contributed by atoms with E-state index in [1.165, 1.54) is 0 Å². The van der Waals surface area contributed by atoms with Crippen molar-refractivity contribution in [2.75, 3.05) is 19.5 Å². The van der Waals surface area contributed by atoms with Gasteiger partial charge in [-0.05, 0) is 24.7 Å². The van der Waals surface area contributed by atoms with E-state index in [1.807, 2.05) is 0 Å². The first-order valence-electron chi connectivity index (χ1n) is 5.58. The van der Waals surface area contributed by atoms with Crippen LogP contribution in [0.3, 0.4) is 0 Å². The molecular weight excluding hydrogens is 210 g/mol. The summed E-state index contributed by atoms with van der Waals surface area (Å²) in [4.78, 5) is 0. The Morgan fingerprint density at radius 2 is 2.20 bits per heavy atom. The second-order valence-electron chi connectivity index (χ2n) is 5.19. The number of nitrogens with two attached hydrogens (primary N) is 1. The molecule has 3 atom stereocenters. The van der Waals surface area contributed by atoms with Gasteiger partial charge in [0, 0.05) is 29.7 Å². The molecule has 90 valence electrons. The van der Waals surface area contributed by atoms with Crippen molar-refractivity contribution in [3.63, 3.8) is 0 Å². The third-order valence-corrected chi connectivity index (χ3v) is 4.97. The molecule has 1 rings (SSSR count). The zero-order chi connectivity index (χ0) is 11.5. The zero-order valence-electron chi connectivity index (χ0n) is 9.99. The van der Waals surface area contributed by atoms with Crippen LogP contribution in [0.5, 0.6) is 0 Å². The summed E-state index contributed by atoms with van der Waals surface area (Å²) in [5.74, 6) is 0.616. The fourth-order valence-electron chi connectivity index (χ4n) is 2.15. The molecule has 0 aliphatic heterocycles. The smallest absolute Gasteiger partial charge is 0.0577 e. The Kier molecular flexibility index (Phi) is 4.74. The maximum atomic E-state index is 12.0. The quantitative estimate of drug-likeness (QED) is 0.796. The molecule has 3 nitrogen and oxygen atoms in total. The Labute approximate surface area is 95.2 Å². The van der Waals surface area contributed by atoms with Gasteiger partial charge in [0.1, 0.15) is 0 Å². The van der Waals surface area contributed by atoms with Crippen molar-refractivity contribution in [2.45, 2.75) is 44.4 Å². The molecule has 1 fully saturated rings.